The largest absolute Gasteiger partial charge is 0.380 e. The summed E-state index contributed by atoms with van der Waals surface area (Å²) in [4.78, 5) is 12.4. The SMILES string of the molecule is COCc1ccccc1CNC(=O)C1(C)CCCCN1.Cl. The molecule has 21 heavy (non-hydrogen) atoms. The second-order valence-electron chi connectivity index (χ2n) is 5.60. The number of rotatable bonds is 5. The van der Waals surface area contributed by atoms with Crippen molar-refractivity contribution in [3.63, 3.8) is 0 Å². The summed E-state index contributed by atoms with van der Waals surface area (Å²) in [6.45, 7) is 4.03. The normalized spacial score (nSPS) is 21.4. The zero-order chi connectivity index (χ0) is 14.4. The Morgan fingerprint density at radius 1 is 1.33 bits per heavy atom. The van der Waals surface area contributed by atoms with Gasteiger partial charge in [0.05, 0.1) is 12.1 Å². The lowest BCUT2D eigenvalue weighted by molar-refractivity contribution is -0.128. The van der Waals surface area contributed by atoms with Gasteiger partial charge in [-0.05, 0) is 43.9 Å². The maximum absolute atomic E-state index is 12.4. The van der Waals surface area contributed by atoms with E-state index in [1.54, 1.807) is 7.11 Å². The first-order chi connectivity index (χ1) is 9.65. The van der Waals surface area contributed by atoms with Crippen LogP contribution in [0.2, 0.25) is 0 Å². The first-order valence-electron chi connectivity index (χ1n) is 7.25. The molecule has 0 aromatic heterocycles. The zero-order valence-electron chi connectivity index (χ0n) is 12.8. The van der Waals surface area contributed by atoms with Crippen molar-refractivity contribution < 1.29 is 9.53 Å². The highest BCUT2D eigenvalue weighted by Crippen LogP contribution is 2.19. The fraction of sp³-hybridized carbons (Fsp3) is 0.562. The number of piperidine rings is 1. The van der Waals surface area contributed by atoms with Gasteiger partial charge < -0.3 is 15.4 Å². The molecule has 1 saturated heterocycles. The van der Waals surface area contributed by atoms with E-state index in [2.05, 4.69) is 10.6 Å². The fourth-order valence-electron chi connectivity index (χ4n) is 2.65. The van der Waals surface area contributed by atoms with Crippen molar-refractivity contribution in [3.05, 3.63) is 35.4 Å². The van der Waals surface area contributed by atoms with Crippen molar-refractivity contribution in [2.75, 3.05) is 13.7 Å². The number of methoxy groups -OCH3 is 1. The van der Waals surface area contributed by atoms with E-state index >= 15 is 0 Å². The maximum atomic E-state index is 12.4. The summed E-state index contributed by atoms with van der Waals surface area (Å²) in [6.07, 6.45) is 3.16. The van der Waals surface area contributed by atoms with Gasteiger partial charge in [0.25, 0.3) is 0 Å². The third-order valence-corrected chi connectivity index (χ3v) is 3.98. The predicted molar refractivity (Wildman–Crippen MR) is 86.5 cm³/mol. The van der Waals surface area contributed by atoms with Crippen molar-refractivity contribution in [2.24, 2.45) is 0 Å². The van der Waals surface area contributed by atoms with Crippen LogP contribution in [0.15, 0.2) is 24.3 Å². The predicted octanol–water partition coefficient (Wildman–Crippen LogP) is 2.40. The number of hydrogen-bond acceptors (Lipinski definition) is 3. The second kappa shape index (κ2) is 8.37. The minimum atomic E-state index is -0.422. The van der Waals surface area contributed by atoms with E-state index < -0.39 is 5.54 Å². The minimum Gasteiger partial charge on any atom is -0.380 e. The molecule has 1 unspecified atom stereocenters. The molecule has 1 amide bonds. The van der Waals surface area contributed by atoms with Gasteiger partial charge in [0.2, 0.25) is 5.91 Å². The van der Waals surface area contributed by atoms with Crippen LogP contribution in [0.3, 0.4) is 0 Å². The Balaban J connectivity index is 0.00000220. The average Bonchev–Trinajstić information content (AvgIpc) is 2.47. The van der Waals surface area contributed by atoms with Gasteiger partial charge in [-0.25, -0.2) is 0 Å². The Hall–Kier alpha value is -1.10. The minimum absolute atomic E-state index is 0. The molecule has 0 spiro atoms. The summed E-state index contributed by atoms with van der Waals surface area (Å²) in [7, 11) is 1.68. The highest BCUT2D eigenvalue weighted by atomic mass is 35.5. The molecule has 1 aromatic carbocycles. The molecule has 2 rings (SSSR count). The van der Waals surface area contributed by atoms with Crippen LogP contribution in [0.1, 0.15) is 37.3 Å². The Labute approximate surface area is 133 Å². The summed E-state index contributed by atoms with van der Waals surface area (Å²) in [5.74, 6) is 0.0874. The van der Waals surface area contributed by atoms with Gasteiger partial charge in [0, 0.05) is 13.7 Å². The highest BCUT2D eigenvalue weighted by molar-refractivity contribution is 5.86. The van der Waals surface area contributed by atoms with Crippen molar-refractivity contribution >= 4 is 18.3 Å². The number of amides is 1. The van der Waals surface area contributed by atoms with Crippen LogP contribution < -0.4 is 10.6 Å². The molecular formula is C16H25ClN2O2. The molecule has 2 N–H and O–H groups in total. The quantitative estimate of drug-likeness (QED) is 0.878. The van der Waals surface area contributed by atoms with Crippen molar-refractivity contribution in [3.8, 4) is 0 Å². The van der Waals surface area contributed by atoms with Gasteiger partial charge >= 0.3 is 0 Å². The summed E-state index contributed by atoms with van der Waals surface area (Å²) in [5.41, 5.74) is 1.81. The highest BCUT2D eigenvalue weighted by Gasteiger charge is 2.33. The lowest BCUT2D eigenvalue weighted by Gasteiger charge is -2.33. The van der Waals surface area contributed by atoms with E-state index in [0.29, 0.717) is 13.2 Å². The number of hydrogen-bond donors (Lipinski definition) is 2. The number of benzene rings is 1. The number of ether oxygens (including phenoxy) is 1. The topological polar surface area (TPSA) is 50.4 Å². The van der Waals surface area contributed by atoms with E-state index in [1.807, 2.05) is 31.2 Å². The molecule has 0 saturated carbocycles. The standard InChI is InChI=1S/C16H24N2O2.ClH/c1-16(9-5-6-10-18-16)15(19)17-11-13-7-3-4-8-14(13)12-20-2;/h3-4,7-8,18H,5-6,9-12H2,1-2H3,(H,17,19);1H. The monoisotopic (exact) mass is 312 g/mol. The number of nitrogens with one attached hydrogen (secondary N) is 2. The van der Waals surface area contributed by atoms with E-state index in [-0.39, 0.29) is 18.3 Å². The van der Waals surface area contributed by atoms with Crippen molar-refractivity contribution in [1.29, 1.82) is 0 Å². The van der Waals surface area contributed by atoms with Crippen LogP contribution >= 0.6 is 12.4 Å². The molecule has 1 heterocycles. The molecule has 118 valence electrons. The first kappa shape index (κ1) is 18.0. The summed E-state index contributed by atoms with van der Waals surface area (Å²) in [6, 6.07) is 8.04. The van der Waals surface area contributed by atoms with Crippen molar-refractivity contribution in [1.82, 2.24) is 10.6 Å². The maximum Gasteiger partial charge on any atom is 0.240 e. The van der Waals surface area contributed by atoms with Gasteiger partial charge in [-0.1, -0.05) is 24.3 Å². The molecule has 4 nitrogen and oxygen atoms in total. The molecule has 1 fully saturated rings. The molecule has 1 aliphatic rings. The summed E-state index contributed by atoms with van der Waals surface area (Å²) < 4.78 is 5.19. The lowest BCUT2D eigenvalue weighted by atomic mass is 9.90. The number of carbonyl (C=O) groups is 1. The lowest BCUT2D eigenvalue weighted by Crippen LogP contribution is -2.56. The molecule has 1 aliphatic heterocycles. The third kappa shape index (κ3) is 4.70. The Morgan fingerprint density at radius 3 is 2.67 bits per heavy atom. The smallest absolute Gasteiger partial charge is 0.240 e. The molecule has 1 atom stereocenters. The van der Waals surface area contributed by atoms with Crippen LogP contribution in [0.4, 0.5) is 0 Å². The van der Waals surface area contributed by atoms with Crippen molar-refractivity contribution in [2.45, 2.75) is 44.9 Å². The van der Waals surface area contributed by atoms with Gasteiger partial charge in [0.15, 0.2) is 0 Å². The summed E-state index contributed by atoms with van der Waals surface area (Å²) >= 11 is 0. The van der Waals surface area contributed by atoms with Crippen LogP contribution in [0.5, 0.6) is 0 Å². The molecule has 0 aliphatic carbocycles. The Bertz CT molecular complexity index is 459. The molecule has 1 aromatic rings. The molecule has 0 radical (unpaired) electrons. The van der Waals surface area contributed by atoms with E-state index in [4.69, 9.17) is 4.74 Å². The number of halogens is 1. The third-order valence-electron chi connectivity index (χ3n) is 3.98. The van der Waals surface area contributed by atoms with E-state index in [1.165, 1.54) is 0 Å². The zero-order valence-corrected chi connectivity index (χ0v) is 13.6. The Morgan fingerprint density at radius 2 is 2.05 bits per heavy atom. The average molecular weight is 313 g/mol. The van der Waals surface area contributed by atoms with E-state index in [0.717, 1.165) is 36.9 Å². The summed E-state index contributed by atoms with van der Waals surface area (Å²) in [5, 5.41) is 6.39. The van der Waals surface area contributed by atoms with Gasteiger partial charge in [-0.2, -0.15) is 0 Å². The van der Waals surface area contributed by atoms with Gasteiger partial charge in [-0.15, -0.1) is 12.4 Å². The van der Waals surface area contributed by atoms with Crippen LogP contribution in [-0.2, 0) is 22.7 Å². The molecule has 0 bridgehead atoms. The molecule has 5 heteroatoms. The van der Waals surface area contributed by atoms with Crippen LogP contribution in [0, 0.1) is 0 Å². The first-order valence-corrected chi connectivity index (χ1v) is 7.25. The van der Waals surface area contributed by atoms with Crippen LogP contribution in [0.25, 0.3) is 0 Å². The molecular weight excluding hydrogens is 288 g/mol. The number of carbonyl (C=O) groups excluding carboxylic acids is 1. The van der Waals surface area contributed by atoms with Crippen LogP contribution in [-0.4, -0.2) is 25.1 Å². The van der Waals surface area contributed by atoms with Gasteiger partial charge in [0.1, 0.15) is 0 Å². The second-order valence-corrected chi connectivity index (χ2v) is 5.60. The van der Waals surface area contributed by atoms with E-state index in [9.17, 15) is 4.79 Å². The van der Waals surface area contributed by atoms with Gasteiger partial charge in [-0.3, -0.25) is 4.79 Å². The Kier molecular flexibility index (Phi) is 7.15. The fourth-order valence-corrected chi connectivity index (χ4v) is 2.65.